The van der Waals surface area contributed by atoms with Crippen LogP contribution in [0.25, 0.3) is 0 Å². The second-order valence-electron chi connectivity index (χ2n) is 5.41. The number of hydrogen-bond donors (Lipinski definition) is 3. The molecule has 0 saturated carbocycles. The van der Waals surface area contributed by atoms with Gasteiger partial charge in [0.2, 0.25) is 0 Å². The predicted molar refractivity (Wildman–Crippen MR) is 91.4 cm³/mol. The molecule has 25 heavy (non-hydrogen) atoms. The maximum absolute atomic E-state index is 12.3. The number of esters is 1. The lowest BCUT2D eigenvalue weighted by Crippen LogP contribution is -2.47. The lowest BCUT2D eigenvalue weighted by atomic mass is 10.0. The van der Waals surface area contributed by atoms with Gasteiger partial charge in [-0.25, -0.2) is 4.79 Å². The van der Waals surface area contributed by atoms with Gasteiger partial charge >= 0.3 is 5.97 Å². The molecule has 0 aliphatic carbocycles. The van der Waals surface area contributed by atoms with Crippen LogP contribution in [0.5, 0.6) is 0 Å². The first-order chi connectivity index (χ1) is 12.0. The highest BCUT2D eigenvalue weighted by atomic mass is 16.5. The molecule has 0 aliphatic heterocycles. The zero-order valence-electron chi connectivity index (χ0n) is 13.8. The predicted octanol–water partition coefficient (Wildman–Crippen LogP) is 1.50. The van der Waals surface area contributed by atoms with Gasteiger partial charge in [-0.1, -0.05) is 60.7 Å². The normalized spacial score (nSPS) is 14.2. The number of aliphatic hydroxyl groups is 2. The molecule has 6 heteroatoms. The van der Waals surface area contributed by atoms with Gasteiger partial charge in [-0.2, -0.15) is 0 Å². The van der Waals surface area contributed by atoms with E-state index in [1.165, 1.54) is 0 Å². The Bertz CT molecular complexity index is 689. The van der Waals surface area contributed by atoms with Crippen LogP contribution in [0.2, 0.25) is 0 Å². The Kier molecular flexibility index (Phi) is 6.68. The molecule has 0 bridgehead atoms. The van der Waals surface area contributed by atoms with Crippen molar-refractivity contribution in [2.45, 2.75) is 25.2 Å². The lowest BCUT2D eigenvalue weighted by molar-refractivity contribution is -0.152. The fourth-order valence-electron chi connectivity index (χ4n) is 2.36. The molecule has 2 aromatic carbocycles. The summed E-state index contributed by atoms with van der Waals surface area (Å²) in [6.07, 6.45) is -2.76. The molecule has 0 spiro atoms. The third kappa shape index (κ3) is 4.89. The average Bonchev–Trinajstić information content (AvgIpc) is 2.66. The molecule has 2 rings (SSSR count). The standard InChI is InChI=1S/C19H21NO5/c1-2-25-19(24)15(16(21)13-9-5-3-6-10-13)20-18(23)17(22)14-11-7-4-8-12-14/h3-12,15-17,21-22H,2H2,1H3,(H,20,23). The molecular weight excluding hydrogens is 322 g/mol. The van der Waals surface area contributed by atoms with E-state index in [1.54, 1.807) is 67.6 Å². The van der Waals surface area contributed by atoms with Crippen LogP contribution < -0.4 is 5.32 Å². The summed E-state index contributed by atoms with van der Waals surface area (Å²) >= 11 is 0. The van der Waals surface area contributed by atoms with Gasteiger partial charge in [0.15, 0.2) is 12.1 Å². The summed E-state index contributed by atoms with van der Waals surface area (Å²) in [5.74, 6) is -1.56. The molecule has 0 aromatic heterocycles. The van der Waals surface area contributed by atoms with Crippen LogP contribution in [-0.4, -0.2) is 34.7 Å². The van der Waals surface area contributed by atoms with Crippen LogP contribution >= 0.6 is 0 Å². The maximum Gasteiger partial charge on any atom is 0.331 e. The molecule has 0 saturated heterocycles. The van der Waals surface area contributed by atoms with E-state index in [2.05, 4.69) is 5.32 Å². The van der Waals surface area contributed by atoms with Gasteiger partial charge in [-0.05, 0) is 18.1 Å². The van der Waals surface area contributed by atoms with Crippen molar-refractivity contribution in [3.63, 3.8) is 0 Å². The van der Waals surface area contributed by atoms with Crippen LogP contribution in [-0.2, 0) is 14.3 Å². The van der Waals surface area contributed by atoms with Crippen LogP contribution in [0.3, 0.4) is 0 Å². The number of ether oxygens (including phenoxy) is 1. The zero-order chi connectivity index (χ0) is 18.2. The first kappa shape index (κ1) is 18.6. The first-order valence-electron chi connectivity index (χ1n) is 7.97. The van der Waals surface area contributed by atoms with E-state index >= 15 is 0 Å². The Labute approximate surface area is 146 Å². The average molecular weight is 343 g/mol. The molecule has 0 fully saturated rings. The smallest absolute Gasteiger partial charge is 0.331 e. The summed E-state index contributed by atoms with van der Waals surface area (Å²) in [6, 6.07) is 15.5. The quantitative estimate of drug-likeness (QED) is 0.662. The number of rotatable bonds is 7. The molecule has 0 heterocycles. The minimum Gasteiger partial charge on any atom is -0.464 e. The van der Waals surface area contributed by atoms with E-state index in [9.17, 15) is 19.8 Å². The molecule has 132 valence electrons. The van der Waals surface area contributed by atoms with E-state index in [0.29, 0.717) is 11.1 Å². The topological polar surface area (TPSA) is 95.9 Å². The fraction of sp³-hybridized carbons (Fsp3) is 0.263. The molecular formula is C19H21NO5. The van der Waals surface area contributed by atoms with Crippen molar-refractivity contribution in [1.29, 1.82) is 0 Å². The summed E-state index contributed by atoms with van der Waals surface area (Å²) in [6.45, 7) is 1.73. The molecule has 1 amide bonds. The van der Waals surface area contributed by atoms with E-state index in [1.807, 2.05) is 0 Å². The minimum atomic E-state index is -1.46. The summed E-state index contributed by atoms with van der Waals surface area (Å²) < 4.78 is 4.94. The highest BCUT2D eigenvalue weighted by molar-refractivity contribution is 5.88. The van der Waals surface area contributed by atoms with Gasteiger partial charge in [0.05, 0.1) is 6.61 Å². The molecule has 0 aliphatic rings. The van der Waals surface area contributed by atoms with Gasteiger partial charge < -0.3 is 20.3 Å². The van der Waals surface area contributed by atoms with Crippen molar-refractivity contribution in [3.05, 3.63) is 71.8 Å². The molecule has 0 radical (unpaired) electrons. The number of carbonyl (C=O) groups is 2. The SMILES string of the molecule is CCOC(=O)C(NC(=O)C(O)c1ccccc1)C(O)c1ccccc1. The monoisotopic (exact) mass is 343 g/mol. The van der Waals surface area contributed by atoms with Gasteiger partial charge in [0, 0.05) is 0 Å². The van der Waals surface area contributed by atoms with Crippen LogP contribution in [0.1, 0.15) is 30.3 Å². The van der Waals surface area contributed by atoms with Crippen LogP contribution in [0.15, 0.2) is 60.7 Å². The Morgan fingerprint density at radius 2 is 1.48 bits per heavy atom. The Hall–Kier alpha value is -2.70. The largest absolute Gasteiger partial charge is 0.464 e. The second-order valence-corrected chi connectivity index (χ2v) is 5.41. The van der Waals surface area contributed by atoms with Crippen LogP contribution in [0.4, 0.5) is 0 Å². The third-order valence-electron chi connectivity index (χ3n) is 3.66. The minimum absolute atomic E-state index is 0.105. The number of hydrogen-bond acceptors (Lipinski definition) is 5. The van der Waals surface area contributed by atoms with E-state index in [0.717, 1.165) is 0 Å². The molecule has 2 aromatic rings. The highest BCUT2D eigenvalue weighted by Gasteiger charge is 2.32. The van der Waals surface area contributed by atoms with Crippen molar-refractivity contribution < 1.29 is 24.5 Å². The summed E-state index contributed by atoms with van der Waals surface area (Å²) in [5, 5.41) is 23.0. The Balaban J connectivity index is 2.18. The number of carbonyl (C=O) groups excluding carboxylic acids is 2. The number of benzene rings is 2. The molecule has 6 nitrogen and oxygen atoms in total. The van der Waals surface area contributed by atoms with Gasteiger partial charge in [-0.3, -0.25) is 4.79 Å². The first-order valence-corrected chi connectivity index (χ1v) is 7.97. The lowest BCUT2D eigenvalue weighted by Gasteiger charge is -2.24. The van der Waals surface area contributed by atoms with Crippen LogP contribution in [0, 0.1) is 0 Å². The van der Waals surface area contributed by atoms with Crippen molar-refractivity contribution in [2.24, 2.45) is 0 Å². The molecule has 3 N–H and O–H groups in total. The van der Waals surface area contributed by atoms with Gasteiger partial charge in [0.1, 0.15) is 6.10 Å². The highest BCUT2D eigenvalue weighted by Crippen LogP contribution is 2.19. The summed E-state index contributed by atoms with van der Waals surface area (Å²) in [7, 11) is 0. The van der Waals surface area contributed by atoms with E-state index in [4.69, 9.17) is 4.74 Å². The molecule has 3 atom stereocenters. The summed E-state index contributed by atoms with van der Waals surface area (Å²) in [4.78, 5) is 24.5. The third-order valence-corrected chi connectivity index (χ3v) is 3.66. The Morgan fingerprint density at radius 1 is 0.960 bits per heavy atom. The van der Waals surface area contributed by atoms with E-state index < -0.39 is 30.1 Å². The van der Waals surface area contributed by atoms with Gasteiger partial charge in [0.25, 0.3) is 5.91 Å². The number of nitrogens with one attached hydrogen (secondary N) is 1. The number of amides is 1. The summed E-state index contributed by atoms with van der Waals surface area (Å²) in [5.41, 5.74) is 0.840. The zero-order valence-corrected chi connectivity index (χ0v) is 13.8. The van der Waals surface area contributed by atoms with E-state index in [-0.39, 0.29) is 6.61 Å². The molecule has 3 unspecified atom stereocenters. The number of aliphatic hydroxyl groups excluding tert-OH is 2. The second kappa shape index (κ2) is 8.96. The van der Waals surface area contributed by atoms with Crippen molar-refractivity contribution in [1.82, 2.24) is 5.32 Å². The van der Waals surface area contributed by atoms with Gasteiger partial charge in [-0.15, -0.1) is 0 Å². The van der Waals surface area contributed by atoms with Crippen molar-refractivity contribution in [2.75, 3.05) is 6.61 Å². The fourth-order valence-corrected chi connectivity index (χ4v) is 2.36. The van der Waals surface area contributed by atoms with Crippen molar-refractivity contribution in [3.8, 4) is 0 Å². The Morgan fingerprint density at radius 3 is 2.00 bits per heavy atom. The maximum atomic E-state index is 12.3. The van der Waals surface area contributed by atoms with Crippen molar-refractivity contribution >= 4 is 11.9 Å².